The Morgan fingerprint density at radius 1 is 1.22 bits per heavy atom. The van der Waals surface area contributed by atoms with Gasteiger partial charge in [-0.2, -0.15) is 0 Å². The molecule has 1 heterocycles. The fourth-order valence-corrected chi connectivity index (χ4v) is 3.65. The quantitative estimate of drug-likeness (QED) is 0.701. The Balaban J connectivity index is 1.77. The first-order valence-corrected chi connectivity index (χ1v) is 8.38. The Hall–Kier alpha value is -2.04. The summed E-state index contributed by atoms with van der Waals surface area (Å²) in [5.74, 6) is -0.0428. The molecule has 23 heavy (non-hydrogen) atoms. The van der Waals surface area contributed by atoms with Crippen LogP contribution in [0.4, 0.5) is 0 Å². The average molecular weight is 347 g/mol. The second kappa shape index (κ2) is 6.60. The van der Waals surface area contributed by atoms with Crippen molar-refractivity contribution in [2.75, 3.05) is 0 Å². The standard InChI is InChI=1S/C18H15ClO3S/c1-11-6-14(19)3-2-12(11)9-22-15-4-5-16-13(7-18(20)21)10-23-17(16)8-15/h2-6,8,10H,7,9H2,1H3,(H,20,21). The summed E-state index contributed by atoms with van der Waals surface area (Å²) in [7, 11) is 0. The van der Waals surface area contributed by atoms with Crippen LogP contribution in [-0.4, -0.2) is 11.1 Å². The molecule has 3 aromatic rings. The predicted molar refractivity (Wildman–Crippen MR) is 93.7 cm³/mol. The third-order valence-electron chi connectivity index (χ3n) is 3.67. The van der Waals surface area contributed by atoms with Crippen molar-refractivity contribution in [1.29, 1.82) is 0 Å². The van der Waals surface area contributed by atoms with Crippen molar-refractivity contribution < 1.29 is 14.6 Å². The van der Waals surface area contributed by atoms with Crippen LogP contribution in [0.1, 0.15) is 16.7 Å². The van der Waals surface area contributed by atoms with E-state index in [1.165, 1.54) is 11.3 Å². The van der Waals surface area contributed by atoms with Crippen LogP contribution < -0.4 is 4.74 Å². The van der Waals surface area contributed by atoms with Crippen molar-refractivity contribution in [3.8, 4) is 5.75 Å². The topological polar surface area (TPSA) is 46.5 Å². The van der Waals surface area contributed by atoms with E-state index in [9.17, 15) is 4.79 Å². The van der Waals surface area contributed by atoms with Crippen molar-refractivity contribution in [2.24, 2.45) is 0 Å². The summed E-state index contributed by atoms with van der Waals surface area (Å²) in [6.07, 6.45) is 0.0458. The first kappa shape index (κ1) is 15.8. The highest BCUT2D eigenvalue weighted by Crippen LogP contribution is 2.30. The maximum atomic E-state index is 10.9. The van der Waals surface area contributed by atoms with Crippen molar-refractivity contribution in [1.82, 2.24) is 0 Å². The van der Waals surface area contributed by atoms with Crippen LogP contribution in [0.25, 0.3) is 10.1 Å². The van der Waals surface area contributed by atoms with Crippen molar-refractivity contribution in [3.63, 3.8) is 0 Å². The molecule has 2 aromatic carbocycles. The minimum atomic E-state index is -0.816. The summed E-state index contributed by atoms with van der Waals surface area (Å²) in [6.45, 7) is 2.48. The van der Waals surface area contributed by atoms with Gasteiger partial charge in [-0.3, -0.25) is 4.79 Å². The van der Waals surface area contributed by atoms with Crippen LogP contribution in [0, 0.1) is 6.92 Å². The second-order valence-electron chi connectivity index (χ2n) is 5.35. The number of carbonyl (C=O) groups is 1. The van der Waals surface area contributed by atoms with Gasteiger partial charge in [0.15, 0.2) is 0 Å². The van der Waals surface area contributed by atoms with Gasteiger partial charge in [0.05, 0.1) is 6.42 Å². The van der Waals surface area contributed by atoms with Gasteiger partial charge in [0.2, 0.25) is 0 Å². The highest BCUT2D eigenvalue weighted by molar-refractivity contribution is 7.17. The Bertz CT molecular complexity index is 870. The Morgan fingerprint density at radius 3 is 2.78 bits per heavy atom. The Morgan fingerprint density at radius 2 is 2.04 bits per heavy atom. The molecule has 0 radical (unpaired) electrons. The van der Waals surface area contributed by atoms with E-state index < -0.39 is 5.97 Å². The summed E-state index contributed by atoms with van der Waals surface area (Å²) in [5, 5.41) is 12.5. The van der Waals surface area contributed by atoms with E-state index in [1.54, 1.807) is 0 Å². The monoisotopic (exact) mass is 346 g/mol. The average Bonchev–Trinajstić information content (AvgIpc) is 2.88. The summed E-state index contributed by atoms with van der Waals surface area (Å²) in [4.78, 5) is 10.9. The number of hydrogen-bond acceptors (Lipinski definition) is 3. The van der Waals surface area contributed by atoms with Crippen LogP contribution in [0.5, 0.6) is 5.75 Å². The minimum Gasteiger partial charge on any atom is -0.489 e. The lowest BCUT2D eigenvalue weighted by Crippen LogP contribution is -1.99. The first-order chi connectivity index (χ1) is 11.0. The Labute approximate surface area is 143 Å². The molecule has 3 rings (SSSR count). The highest BCUT2D eigenvalue weighted by Gasteiger charge is 2.09. The number of ether oxygens (including phenoxy) is 1. The zero-order chi connectivity index (χ0) is 16.4. The molecule has 0 amide bonds. The van der Waals surface area contributed by atoms with Crippen LogP contribution in [0.3, 0.4) is 0 Å². The lowest BCUT2D eigenvalue weighted by Gasteiger charge is -2.09. The van der Waals surface area contributed by atoms with Crippen molar-refractivity contribution in [2.45, 2.75) is 20.0 Å². The predicted octanol–water partition coefficient (Wildman–Crippen LogP) is 5.07. The van der Waals surface area contributed by atoms with E-state index in [0.29, 0.717) is 6.61 Å². The molecule has 5 heteroatoms. The molecule has 0 saturated carbocycles. The minimum absolute atomic E-state index is 0.0458. The molecule has 3 nitrogen and oxygen atoms in total. The number of thiophene rings is 1. The number of fused-ring (bicyclic) bond motifs is 1. The van der Waals surface area contributed by atoms with E-state index in [4.69, 9.17) is 21.4 Å². The van der Waals surface area contributed by atoms with Gasteiger partial charge in [-0.15, -0.1) is 11.3 Å². The number of hydrogen-bond donors (Lipinski definition) is 1. The van der Waals surface area contributed by atoms with Crippen LogP contribution >= 0.6 is 22.9 Å². The van der Waals surface area contributed by atoms with Gasteiger partial charge in [-0.05, 0) is 64.7 Å². The number of aliphatic carboxylic acids is 1. The number of halogens is 1. The highest BCUT2D eigenvalue weighted by atomic mass is 35.5. The van der Waals surface area contributed by atoms with Gasteiger partial charge in [0, 0.05) is 9.72 Å². The van der Waals surface area contributed by atoms with Crippen molar-refractivity contribution in [3.05, 3.63) is 63.5 Å². The molecule has 0 saturated heterocycles. The maximum absolute atomic E-state index is 10.9. The zero-order valence-corrected chi connectivity index (χ0v) is 14.1. The second-order valence-corrected chi connectivity index (χ2v) is 6.70. The number of aryl methyl sites for hydroxylation is 1. The fraction of sp³-hybridized carbons (Fsp3) is 0.167. The molecule has 0 bridgehead atoms. The van der Waals surface area contributed by atoms with Crippen molar-refractivity contribution >= 4 is 39.0 Å². The Kier molecular flexibility index (Phi) is 4.55. The molecule has 118 valence electrons. The number of rotatable bonds is 5. The maximum Gasteiger partial charge on any atom is 0.307 e. The van der Waals surface area contributed by atoms with Gasteiger partial charge in [0.25, 0.3) is 0 Å². The molecule has 0 aliphatic rings. The van der Waals surface area contributed by atoms with Crippen LogP contribution in [-0.2, 0) is 17.8 Å². The van der Waals surface area contributed by atoms with E-state index in [2.05, 4.69) is 0 Å². The largest absolute Gasteiger partial charge is 0.489 e. The third-order valence-corrected chi connectivity index (χ3v) is 4.90. The van der Waals surface area contributed by atoms with Gasteiger partial charge >= 0.3 is 5.97 Å². The molecule has 1 N–H and O–H groups in total. The summed E-state index contributed by atoms with van der Waals surface area (Å²) in [6, 6.07) is 11.5. The van der Waals surface area contributed by atoms with Gasteiger partial charge in [-0.25, -0.2) is 0 Å². The van der Waals surface area contributed by atoms with Gasteiger partial charge in [0.1, 0.15) is 12.4 Å². The zero-order valence-electron chi connectivity index (χ0n) is 12.5. The molecule has 0 aliphatic heterocycles. The SMILES string of the molecule is Cc1cc(Cl)ccc1COc1ccc2c(CC(=O)O)csc2c1. The summed E-state index contributed by atoms with van der Waals surface area (Å²) in [5.41, 5.74) is 3.03. The lowest BCUT2D eigenvalue weighted by atomic mass is 10.1. The molecular formula is C18H15ClO3S. The lowest BCUT2D eigenvalue weighted by molar-refractivity contribution is -0.136. The number of carboxylic acid groups (broad SMARTS) is 1. The smallest absolute Gasteiger partial charge is 0.307 e. The molecule has 0 atom stereocenters. The molecule has 0 unspecified atom stereocenters. The molecular weight excluding hydrogens is 332 g/mol. The van der Waals surface area contributed by atoms with Gasteiger partial charge in [-0.1, -0.05) is 17.7 Å². The van der Waals surface area contributed by atoms with E-state index in [1.807, 2.05) is 48.7 Å². The van der Waals surface area contributed by atoms with E-state index in [0.717, 1.165) is 37.5 Å². The molecule has 0 spiro atoms. The van der Waals surface area contributed by atoms with Gasteiger partial charge < -0.3 is 9.84 Å². The number of benzene rings is 2. The molecule has 1 aromatic heterocycles. The molecule has 0 aliphatic carbocycles. The molecule has 0 fully saturated rings. The number of carboxylic acids is 1. The first-order valence-electron chi connectivity index (χ1n) is 7.12. The third kappa shape index (κ3) is 3.66. The normalized spacial score (nSPS) is 10.9. The van der Waals surface area contributed by atoms with E-state index >= 15 is 0 Å². The van der Waals surface area contributed by atoms with Crippen LogP contribution in [0.2, 0.25) is 5.02 Å². The van der Waals surface area contributed by atoms with E-state index in [-0.39, 0.29) is 6.42 Å². The summed E-state index contributed by atoms with van der Waals surface area (Å²) < 4.78 is 6.89. The summed E-state index contributed by atoms with van der Waals surface area (Å²) >= 11 is 7.49. The fourth-order valence-electron chi connectivity index (χ4n) is 2.44. The van der Waals surface area contributed by atoms with Crippen LogP contribution in [0.15, 0.2) is 41.8 Å².